The number of aromatic nitrogens is 2. The Morgan fingerprint density at radius 2 is 2.07 bits per heavy atom. The van der Waals surface area contributed by atoms with Crippen LogP contribution in [0, 0.1) is 6.92 Å². The number of hydrogen-bond acceptors (Lipinski definition) is 4. The standard InChI is InChI=1S/C11H20N4/c1-5-6-11(3,4)15-10-8(2)9(12)13-7-14-10/h7H,5-6H2,1-4H3,(H3,12,13,14,15). The van der Waals surface area contributed by atoms with Gasteiger partial charge in [0.05, 0.1) is 0 Å². The number of nitrogens with two attached hydrogens (primary N) is 1. The monoisotopic (exact) mass is 208 g/mol. The first-order chi connectivity index (χ1) is 6.96. The van der Waals surface area contributed by atoms with E-state index < -0.39 is 0 Å². The molecule has 4 heteroatoms. The molecule has 0 saturated carbocycles. The molecular formula is C11H20N4. The number of anilines is 2. The van der Waals surface area contributed by atoms with E-state index in [1.54, 1.807) is 0 Å². The van der Waals surface area contributed by atoms with E-state index in [9.17, 15) is 0 Å². The molecule has 0 saturated heterocycles. The summed E-state index contributed by atoms with van der Waals surface area (Å²) < 4.78 is 0. The summed E-state index contributed by atoms with van der Waals surface area (Å²) in [6.45, 7) is 8.42. The minimum atomic E-state index is 0.0420. The van der Waals surface area contributed by atoms with Crippen molar-refractivity contribution in [1.29, 1.82) is 0 Å². The molecule has 0 aliphatic carbocycles. The summed E-state index contributed by atoms with van der Waals surface area (Å²) in [5.74, 6) is 1.38. The van der Waals surface area contributed by atoms with Gasteiger partial charge in [0.2, 0.25) is 0 Å². The van der Waals surface area contributed by atoms with E-state index in [1.807, 2.05) is 6.92 Å². The molecule has 0 amide bonds. The summed E-state index contributed by atoms with van der Waals surface area (Å²) in [6.07, 6.45) is 3.72. The highest BCUT2D eigenvalue weighted by Crippen LogP contribution is 2.22. The Kier molecular flexibility index (Phi) is 3.50. The summed E-state index contributed by atoms with van der Waals surface area (Å²) in [6, 6.07) is 0. The highest BCUT2D eigenvalue weighted by atomic mass is 15.1. The van der Waals surface area contributed by atoms with Gasteiger partial charge in [0, 0.05) is 11.1 Å². The average Bonchev–Trinajstić information content (AvgIpc) is 2.12. The molecule has 0 unspecified atom stereocenters. The fourth-order valence-corrected chi connectivity index (χ4v) is 1.60. The van der Waals surface area contributed by atoms with Gasteiger partial charge in [-0.25, -0.2) is 9.97 Å². The van der Waals surface area contributed by atoms with Crippen molar-refractivity contribution in [1.82, 2.24) is 9.97 Å². The van der Waals surface area contributed by atoms with Crippen LogP contribution in [0.2, 0.25) is 0 Å². The van der Waals surface area contributed by atoms with Crippen molar-refractivity contribution >= 4 is 11.6 Å². The molecule has 1 aromatic heterocycles. The van der Waals surface area contributed by atoms with Crippen LogP contribution in [0.3, 0.4) is 0 Å². The van der Waals surface area contributed by atoms with E-state index in [4.69, 9.17) is 5.73 Å². The van der Waals surface area contributed by atoms with Crippen molar-refractivity contribution in [3.63, 3.8) is 0 Å². The van der Waals surface area contributed by atoms with Gasteiger partial charge in [-0.3, -0.25) is 0 Å². The Morgan fingerprint density at radius 3 is 2.67 bits per heavy atom. The summed E-state index contributed by atoms with van der Waals surface area (Å²) in [4.78, 5) is 8.15. The fraction of sp³-hybridized carbons (Fsp3) is 0.636. The minimum Gasteiger partial charge on any atom is -0.383 e. The van der Waals surface area contributed by atoms with Gasteiger partial charge >= 0.3 is 0 Å². The van der Waals surface area contributed by atoms with Crippen molar-refractivity contribution in [2.45, 2.75) is 46.1 Å². The maximum atomic E-state index is 5.72. The Labute approximate surface area is 91.3 Å². The summed E-state index contributed by atoms with van der Waals surface area (Å²) in [7, 11) is 0. The first kappa shape index (κ1) is 11.8. The van der Waals surface area contributed by atoms with Gasteiger partial charge in [-0.15, -0.1) is 0 Å². The number of nitrogen functional groups attached to an aromatic ring is 1. The second-order valence-corrected chi connectivity index (χ2v) is 4.49. The van der Waals surface area contributed by atoms with E-state index in [1.165, 1.54) is 6.33 Å². The predicted molar refractivity (Wildman–Crippen MR) is 63.8 cm³/mol. The Morgan fingerprint density at radius 1 is 1.40 bits per heavy atom. The molecule has 0 aliphatic heterocycles. The van der Waals surface area contributed by atoms with E-state index in [2.05, 4.69) is 36.1 Å². The third-order valence-corrected chi connectivity index (χ3v) is 2.45. The van der Waals surface area contributed by atoms with Gasteiger partial charge in [-0.1, -0.05) is 13.3 Å². The van der Waals surface area contributed by atoms with Crippen LogP contribution in [-0.4, -0.2) is 15.5 Å². The Bertz CT molecular complexity index is 333. The zero-order valence-corrected chi connectivity index (χ0v) is 9.96. The van der Waals surface area contributed by atoms with Crippen molar-refractivity contribution in [3.05, 3.63) is 11.9 Å². The second kappa shape index (κ2) is 4.47. The molecule has 3 N–H and O–H groups in total. The van der Waals surface area contributed by atoms with Crippen molar-refractivity contribution in [3.8, 4) is 0 Å². The molecule has 1 heterocycles. The summed E-state index contributed by atoms with van der Waals surface area (Å²) in [5.41, 5.74) is 6.68. The van der Waals surface area contributed by atoms with Crippen molar-refractivity contribution in [2.75, 3.05) is 11.1 Å². The van der Waals surface area contributed by atoms with Crippen molar-refractivity contribution < 1.29 is 0 Å². The van der Waals surface area contributed by atoms with E-state index in [0.29, 0.717) is 5.82 Å². The van der Waals surface area contributed by atoms with Crippen LogP contribution in [0.15, 0.2) is 6.33 Å². The zero-order chi connectivity index (χ0) is 11.5. The number of hydrogen-bond donors (Lipinski definition) is 2. The first-order valence-corrected chi connectivity index (χ1v) is 5.31. The first-order valence-electron chi connectivity index (χ1n) is 5.31. The summed E-state index contributed by atoms with van der Waals surface area (Å²) >= 11 is 0. The second-order valence-electron chi connectivity index (χ2n) is 4.49. The molecule has 84 valence electrons. The van der Waals surface area contributed by atoms with Crippen molar-refractivity contribution in [2.24, 2.45) is 0 Å². The van der Waals surface area contributed by atoms with Crippen LogP contribution in [0.4, 0.5) is 11.6 Å². The topological polar surface area (TPSA) is 63.8 Å². The van der Waals surface area contributed by atoms with Gasteiger partial charge in [0.1, 0.15) is 18.0 Å². The fourth-order valence-electron chi connectivity index (χ4n) is 1.60. The van der Waals surface area contributed by atoms with Gasteiger partial charge < -0.3 is 11.1 Å². The maximum Gasteiger partial charge on any atom is 0.134 e. The molecule has 0 radical (unpaired) electrons. The predicted octanol–water partition coefficient (Wildman–Crippen LogP) is 2.36. The third-order valence-electron chi connectivity index (χ3n) is 2.45. The minimum absolute atomic E-state index is 0.0420. The summed E-state index contributed by atoms with van der Waals surface area (Å²) in [5, 5.41) is 3.40. The third kappa shape index (κ3) is 3.08. The normalized spacial score (nSPS) is 11.5. The molecule has 0 bridgehead atoms. The molecule has 0 aromatic carbocycles. The number of nitrogens with one attached hydrogen (secondary N) is 1. The lowest BCUT2D eigenvalue weighted by atomic mass is 9.99. The van der Waals surface area contributed by atoms with Crippen LogP contribution >= 0.6 is 0 Å². The average molecular weight is 208 g/mol. The molecule has 1 rings (SSSR count). The van der Waals surface area contributed by atoms with Crippen LogP contribution < -0.4 is 11.1 Å². The van der Waals surface area contributed by atoms with Gasteiger partial charge in [-0.2, -0.15) is 0 Å². The van der Waals surface area contributed by atoms with Gasteiger partial charge in [0.25, 0.3) is 0 Å². The molecule has 4 nitrogen and oxygen atoms in total. The maximum absolute atomic E-state index is 5.72. The van der Waals surface area contributed by atoms with Crippen LogP contribution in [0.25, 0.3) is 0 Å². The molecule has 0 spiro atoms. The SMILES string of the molecule is CCCC(C)(C)Nc1ncnc(N)c1C. The lowest BCUT2D eigenvalue weighted by Crippen LogP contribution is -2.31. The highest BCUT2D eigenvalue weighted by Gasteiger charge is 2.18. The largest absolute Gasteiger partial charge is 0.383 e. The smallest absolute Gasteiger partial charge is 0.134 e. The lowest BCUT2D eigenvalue weighted by Gasteiger charge is -2.27. The Balaban J connectivity index is 2.85. The van der Waals surface area contributed by atoms with Crippen LogP contribution in [0.1, 0.15) is 39.2 Å². The van der Waals surface area contributed by atoms with Gasteiger partial charge in [-0.05, 0) is 27.2 Å². The van der Waals surface area contributed by atoms with E-state index in [0.717, 1.165) is 24.2 Å². The number of nitrogens with zero attached hydrogens (tertiary/aromatic N) is 2. The molecule has 0 atom stereocenters. The molecular weight excluding hydrogens is 188 g/mol. The van der Waals surface area contributed by atoms with Crippen LogP contribution in [-0.2, 0) is 0 Å². The number of rotatable bonds is 4. The highest BCUT2D eigenvalue weighted by molar-refractivity contribution is 5.54. The molecule has 1 aromatic rings. The quantitative estimate of drug-likeness (QED) is 0.797. The van der Waals surface area contributed by atoms with Gasteiger partial charge in [0.15, 0.2) is 0 Å². The Hall–Kier alpha value is -1.32. The zero-order valence-electron chi connectivity index (χ0n) is 9.96. The lowest BCUT2D eigenvalue weighted by molar-refractivity contribution is 0.508. The van der Waals surface area contributed by atoms with E-state index >= 15 is 0 Å². The molecule has 0 fully saturated rings. The van der Waals surface area contributed by atoms with E-state index in [-0.39, 0.29) is 5.54 Å². The molecule has 15 heavy (non-hydrogen) atoms. The molecule has 0 aliphatic rings. The van der Waals surface area contributed by atoms with Crippen LogP contribution in [0.5, 0.6) is 0 Å².